The molecule has 0 saturated heterocycles. The Kier molecular flexibility index (Phi) is 5.91. The molecular formula is C19H19Cl2N5. The van der Waals surface area contributed by atoms with Gasteiger partial charge in [-0.2, -0.15) is 4.98 Å². The minimum Gasteiger partial charge on any atom is -0.352 e. The monoisotopic (exact) mass is 387 g/mol. The molecular weight excluding hydrogens is 369 g/mol. The van der Waals surface area contributed by atoms with Crippen molar-refractivity contribution in [1.82, 2.24) is 15.0 Å². The standard InChI is InChI=1S/C19H19Cl2N5/c1-3-12(2)23-19-25-16(14-8-4-5-10-22-14)11-17(26-19)24-15-9-6-7-13(20)18(15)21/h4-12H,3H2,1-2H3,(H2,23,24,25,26)/t12-/m1/s1. The van der Waals surface area contributed by atoms with Crippen LogP contribution in [-0.4, -0.2) is 21.0 Å². The number of rotatable bonds is 6. The molecule has 0 amide bonds. The van der Waals surface area contributed by atoms with Crippen LogP contribution in [0, 0.1) is 0 Å². The molecule has 0 radical (unpaired) electrons. The average molecular weight is 388 g/mol. The summed E-state index contributed by atoms with van der Waals surface area (Å²) in [5.74, 6) is 1.14. The number of halogens is 2. The van der Waals surface area contributed by atoms with Gasteiger partial charge in [0.1, 0.15) is 5.82 Å². The maximum Gasteiger partial charge on any atom is 0.225 e. The van der Waals surface area contributed by atoms with Crippen LogP contribution in [0.3, 0.4) is 0 Å². The van der Waals surface area contributed by atoms with E-state index in [1.54, 1.807) is 12.3 Å². The van der Waals surface area contributed by atoms with Crippen molar-refractivity contribution in [3.05, 3.63) is 58.7 Å². The van der Waals surface area contributed by atoms with Crippen LogP contribution in [0.25, 0.3) is 11.4 Å². The molecule has 1 aromatic carbocycles. The topological polar surface area (TPSA) is 62.7 Å². The van der Waals surface area contributed by atoms with Crippen LogP contribution in [-0.2, 0) is 0 Å². The van der Waals surface area contributed by atoms with Gasteiger partial charge < -0.3 is 10.6 Å². The van der Waals surface area contributed by atoms with E-state index >= 15 is 0 Å². The maximum atomic E-state index is 6.28. The quantitative estimate of drug-likeness (QED) is 0.559. The van der Waals surface area contributed by atoms with Crippen molar-refractivity contribution in [1.29, 1.82) is 0 Å². The lowest BCUT2D eigenvalue weighted by Crippen LogP contribution is -2.16. The van der Waals surface area contributed by atoms with Gasteiger partial charge in [-0.3, -0.25) is 4.98 Å². The smallest absolute Gasteiger partial charge is 0.225 e. The van der Waals surface area contributed by atoms with Gasteiger partial charge in [-0.15, -0.1) is 0 Å². The lowest BCUT2D eigenvalue weighted by atomic mass is 10.2. The number of anilines is 3. The van der Waals surface area contributed by atoms with Gasteiger partial charge in [0.15, 0.2) is 0 Å². The normalized spacial score (nSPS) is 11.8. The van der Waals surface area contributed by atoms with Crippen molar-refractivity contribution in [3.8, 4) is 11.4 Å². The molecule has 2 N–H and O–H groups in total. The fourth-order valence-corrected chi connectivity index (χ4v) is 2.63. The van der Waals surface area contributed by atoms with E-state index in [0.717, 1.165) is 12.1 Å². The zero-order valence-corrected chi connectivity index (χ0v) is 16.0. The van der Waals surface area contributed by atoms with Crippen molar-refractivity contribution in [3.63, 3.8) is 0 Å². The highest BCUT2D eigenvalue weighted by Gasteiger charge is 2.11. The molecule has 0 saturated carbocycles. The van der Waals surface area contributed by atoms with Gasteiger partial charge in [0, 0.05) is 18.3 Å². The molecule has 2 heterocycles. The number of benzene rings is 1. The SMILES string of the molecule is CC[C@@H](C)Nc1nc(Nc2cccc(Cl)c2Cl)cc(-c2ccccn2)n1. The molecule has 0 aliphatic rings. The molecule has 134 valence electrons. The van der Waals surface area contributed by atoms with E-state index in [2.05, 4.69) is 39.4 Å². The molecule has 0 spiro atoms. The van der Waals surface area contributed by atoms with Gasteiger partial charge in [-0.1, -0.05) is 42.3 Å². The minimum absolute atomic E-state index is 0.247. The third-order valence-corrected chi connectivity index (χ3v) is 4.67. The fraction of sp³-hybridized carbons (Fsp3) is 0.211. The van der Waals surface area contributed by atoms with Gasteiger partial charge in [0.2, 0.25) is 5.95 Å². The molecule has 0 unspecified atom stereocenters. The molecule has 3 aromatic rings. The van der Waals surface area contributed by atoms with Crippen molar-refractivity contribution in [2.24, 2.45) is 0 Å². The predicted molar refractivity (Wildman–Crippen MR) is 108 cm³/mol. The molecule has 5 nitrogen and oxygen atoms in total. The summed E-state index contributed by atoms with van der Waals surface area (Å²) in [4.78, 5) is 13.5. The second kappa shape index (κ2) is 8.34. The first-order valence-electron chi connectivity index (χ1n) is 8.35. The Balaban J connectivity index is 2.00. The first-order chi connectivity index (χ1) is 12.6. The number of hydrogen-bond acceptors (Lipinski definition) is 5. The van der Waals surface area contributed by atoms with E-state index in [0.29, 0.717) is 33.2 Å². The summed E-state index contributed by atoms with van der Waals surface area (Å²) < 4.78 is 0. The van der Waals surface area contributed by atoms with Crippen molar-refractivity contribution in [2.45, 2.75) is 26.3 Å². The number of nitrogens with zero attached hydrogens (tertiary/aromatic N) is 3. The van der Waals surface area contributed by atoms with Crippen molar-refractivity contribution in [2.75, 3.05) is 10.6 Å². The molecule has 0 fully saturated rings. The summed E-state index contributed by atoms with van der Waals surface area (Å²) in [6, 6.07) is 13.2. The van der Waals surface area contributed by atoms with Crippen LogP contribution in [0.5, 0.6) is 0 Å². The summed E-state index contributed by atoms with van der Waals surface area (Å²) in [5, 5.41) is 7.45. The zero-order valence-electron chi connectivity index (χ0n) is 14.5. The van der Waals surface area contributed by atoms with Gasteiger partial charge in [-0.25, -0.2) is 4.98 Å². The largest absolute Gasteiger partial charge is 0.352 e. The Labute approximate surface area is 162 Å². The predicted octanol–water partition coefficient (Wildman–Crippen LogP) is 5.80. The fourth-order valence-electron chi connectivity index (χ4n) is 2.28. The summed E-state index contributed by atoms with van der Waals surface area (Å²) >= 11 is 12.4. The molecule has 2 aromatic heterocycles. The second-order valence-corrected chi connectivity index (χ2v) is 6.64. The summed E-state index contributed by atoms with van der Waals surface area (Å²) in [6.07, 6.45) is 2.69. The van der Waals surface area contributed by atoms with E-state index in [1.165, 1.54) is 0 Å². The number of nitrogens with one attached hydrogen (secondary N) is 2. The van der Waals surface area contributed by atoms with Crippen molar-refractivity contribution < 1.29 is 0 Å². The van der Waals surface area contributed by atoms with E-state index in [9.17, 15) is 0 Å². The average Bonchev–Trinajstić information content (AvgIpc) is 2.66. The highest BCUT2D eigenvalue weighted by molar-refractivity contribution is 6.43. The summed E-state index contributed by atoms with van der Waals surface area (Å²) in [5.41, 5.74) is 2.16. The molecule has 7 heteroatoms. The highest BCUT2D eigenvalue weighted by atomic mass is 35.5. The van der Waals surface area contributed by atoms with Crippen LogP contribution in [0.4, 0.5) is 17.5 Å². The Bertz CT molecular complexity index is 886. The maximum absolute atomic E-state index is 6.28. The molecule has 3 rings (SSSR count). The number of aromatic nitrogens is 3. The Hall–Kier alpha value is -2.37. The van der Waals surface area contributed by atoms with Gasteiger partial charge in [0.05, 0.1) is 27.1 Å². The Morgan fingerprint density at radius 1 is 1.04 bits per heavy atom. The Morgan fingerprint density at radius 2 is 1.88 bits per heavy atom. The van der Waals surface area contributed by atoms with Crippen molar-refractivity contribution >= 4 is 40.7 Å². The minimum atomic E-state index is 0.247. The van der Waals surface area contributed by atoms with Gasteiger partial charge in [-0.05, 0) is 37.6 Å². The third kappa shape index (κ3) is 4.42. The van der Waals surface area contributed by atoms with Gasteiger partial charge in [0.25, 0.3) is 0 Å². The van der Waals surface area contributed by atoms with Gasteiger partial charge >= 0.3 is 0 Å². The van der Waals surface area contributed by atoms with Crippen LogP contribution >= 0.6 is 23.2 Å². The Morgan fingerprint density at radius 3 is 2.62 bits per heavy atom. The van der Waals surface area contributed by atoms with Crippen LogP contribution in [0.2, 0.25) is 10.0 Å². The van der Waals surface area contributed by atoms with Crippen LogP contribution in [0.15, 0.2) is 48.7 Å². The molecule has 0 aliphatic carbocycles. The highest BCUT2D eigenvalue weighted by Crippen LogP contribution is 2.32. The number of pyridine rings is 1. The summed E-state index contributed by atoms with van der Waals surface area (Å²) in [6.45, 7) is 4.18. The lowest BCUT2D eigenvalue weighted by Gasteiger charge is -2.15. The zero-order chi connectivity index (χ0) is 18.5. The van der Waals surface area contributed by atoms with Crippen LogP contribution in [0.1, 0.15) is 20.3 Å². The second-order valence-electron chi connectivity index (χ2n) is 5.86. The van der Waals surface area contributed by atoms with E-state index in [-0.39, 0.29) is 6.04 Å². The molecule has 0 aliphatic heterocycles. The molecule has 1 atom stereocenters. The lowest BCUT2D eigenvalue weighted by molar-refractivity contribution is 0.753. The first kappa shape index (κ1) is 18.4. The number of hydrogen-bond donors (Lipinski definition) is 2. The van der Waals surface area contributed by atoms with Crippen LogP contribution < -0.4 is 10.6 Å². The van der Waals surface area contributed by atoms with E-state index in [1.807, 2.05) is 36.4 Å². The van der Waals surface area contributed by atoms with E-state index in [4.69, 9.17) is 23.2 Å². The molecule has 26 heavy (non-hydrogen) atoms. The summed E-state index contributed by atoms with van der Waals surface area (Å²) in [7, 11) is 0. The van der Waals surface area contributed by atoms with E-state index < -0.39 is 0 Å². The molecule has 0 bridgehead atoms. The first-order valence-corrected chi connectivity index (χ1v) is 9.10. The third-order valence-electron chi connectivity index (χ3n) is 3.86.